The maximum absolute atomic E-state index is 13.3. The minimum atomic E-state index is -6.95. The summed E-state index contributed by atoms with van der Waals surface area (Å²) in [6.07, 6.45) is -10.7. The van der Waals surface area contributed by atoms with E-state index < -0.39 is 59.1 Å². The van der Waals surface area contributed by atoms with Gasteiger partial charge in [-0.15, -0.1) is 0 Å². The van der Waals surface area contributed by atoms with Gasteiger partial charge in [-0.05, 0) is 25.0 Å². The molecule has 0 saturated heterocycles. The first-order valence-electron chi connectivity index (χ1n) is 7.21. The van der Waals surface area contributed by atoms with Crippen molar-refractivity contribution in [3.63, 3.8) is 0 Å². The Kier molecular flexibility index (Phi) is 6.72. The third-order valence-electron chi connectivity index (χ3n) is 3.31. The Morgan fingerprint density at radius 3 is 1.78 bits per heavy atom. The normalized spacial score (nSPS) is 14.3. The van der Waals surface area contributed by atoms with Gasteiger partial charge >= 0.3 is 34.1 Å². The SMILES string of the molecule is O=S(=O)(CCCCC(F)(F)C(F)(F)C(F)(F)C(F)(F)F)Oc1ccccc1. The Bertz CT molecular complexity index is 715. The molecule has 13 heteroatoms. The van der Waals surface area contributed by atoms with E-state index in [1.54, 1.807) is 6.07 Å². The molecule has 1 aromatic carbocycles. The molecule has 0 unspecified atom stereocenters. The van der Waals surface area contributed by atoms with Crippen molar-refractivity contribution < 1.29 is 52.1 Å². The van der Waals surface area contributed by atoms with Crippen molar-refractivity contribution in [3.05, 3.63) is 30.3 Å². The number of para-hydroxylation sites is 1. The van der Waals surface area contributed by atoms with Gasteiger partial charge in [-0.2, -0.15) is 47.9 Å². The van der Waals surface area contributed by atoms with Crippen LogP contribution in [0, 0.1) is 0 Å². The molecule has 0 saturated carbocycles. The Hall–Kier alpha value is -1.66. The number of hydrogen-bond acceptors (Lipinski definition) is 3. The van der Waals surface area contributed by atoms with Gasteiger partial charge in [0.05, 0.1) is 5.75 Å². The average molecular weight is 432 g/mol. The molecule has 0 aliphatic carbocycles. The lowest BCUT2D eigenvalue weighted by Gasteiger charge is -2.33. The molecular formula is C14H13F9O3S. The molecule has 0 aliphatic heterocycles. The van der Waals surface area contributed by atoms with E-state index in [9.17, 15) is 47.9 Å². The van der Waals surface area contributed by atoms with Crippen molar-refractivity contribution in [1.29, 1.82) is 0 Å². The third-order valence-corrected chi connectivity index (χ3v) is 4.55. The molecule has 0 aliphatic rings. The van der Waals surface area contributed by atoms with Crippen LogP contribution in [-0.4, -0.2) is 38.1 Å². The van der Waals surface area contributed by atoms with E-state index in [0.29, 0.717) is 0 Å². The zero-order valence-electron chi connectivity index (χ0n) is 13.2. The van der Waals surface area contributed by atoms with Crippen LogP contribution in [-0.2, 0) is 10.1 Å². The van der Waals surface area contributed by atoms with E-state index in [4.69, 9.17) is 0 Å². The molecule has 0 bridgehead atoms. The van der Waals surface area contributed by atoms with Crippen LogP contribution >= 0.6 is 0 Å². The van der Waals surface area contributed by atoms with Gasteiger partial charge in [-0.25, -0.2) is 0 Å². The fourth-order valence-corrected chi connectivity index (χ4v) is 2.90. The molecule has 0 heterocycles. The van der Waals surface area contributed by atoms with Gasteiger partial charge in [0.2, 0.25) is 0 Å². The Morgan fingerprint density at radius 1 is 0.778 bits per heavy atom. The first-order chi connectivity index (χ1) is 12.0. The van der Waals surface area contributed by atoms with Crippen LogP contribution in [0.5, 0.6) is 5.75 Å². The highest BCUT2D eigenvalue weighted by Crippen LogP contribution is 2.54. The fraction of sp³-hybridized carbons (Fsp3) is 0.571. The summed E-state index contributed by atoms with van der Waals surface area (Å²) in [5, 5.41) is 0. The highest BCUT2D eigenvalue weighted by Gasteiger charge is 2.81. The van der Waals surface area contributed by atoms with E-state index in [0.717, 1.165) is 0 Å². The lowest BCUT2D eigenvalue weighted by molar-refractivity contribution is -0.396. The summed E-state index contributed by atoms with van der Waals surface area (Å²) in [4.78, 5) is 0. The summed E-state index contributed by atoms with van der Waals surface area (Å²) in [7, 11) is -4.30. The monoisotopic (exact) mass is 432 g/mol. The predicted molar refractivity (Wildman–Crippen MR) is 75.6 cm³/mol. The van der Waals surface area contributed by atoms with Gasteiger partial charge in [0.25, 0.3) is 0 Å². The first kappa shape index (κ1) is 23.4. The number of hydrogen-bond donors (Lipinski definition) is 0. The molecular weight excluding hydrogens is 419 g/mol. The van der Waals surface area contributed by atoms with E-state index in [1.807, 2.05) is 0 Å². The van der Waals surface area contributed by atoms with Crippen LogP contribution in [0.3, 0.4) is 0 Å². The van der Waals surface area contributed by atoms with Crippen molar-refractivity contribution in [1.82, 2.24) is 0 Å². The average Bonchev–Trinajstić information content (AvgIpc) is 2.50. The summed E-state index contributed by atoms with van der Waals surface area (Å²) in [5.41, 5.74) is 0. The van der Waals surface area contributed by atoms with Gasteiger partial charge in [0, 0.05) is 6.42 Å². The number of rotatable bonds is 9. The number of alkyl halides is 9. The second-order valence-electron chi connectivity index (χ2n) is 5.47. The summed E-state index contributed by atoms with van der Waals surface area (Å²) in [6.45, 7) is 0. The number of benzene rings is 1. The molecule has 0 atom stereocenters. The fourth-order valence-electron chi connectivity index (χ4n) is 1.85. The lowest BCUT2D eigenvalue weighted by Crippen LogP contribution is -2.60. The van der Waals surface area contributed by atoms with Crippen molar-refractivity contribution in [3.8, 4) is 5.75 Å². The molecule has 0 aromatic heterocycles. The van der Waals surface area contributed by atoms with Gasteiger partial charge < -0.3 is 4.18 Å². The molecule has 0 fully saturated rings. The molecule has 1 aromatic rings. The van der Waals surface area contributed by atoms with Crippen LogP contribution in [0.4, 0.5) is 39.5 Å². The lowest BCUT2D eigenvalue weighted by atomic mass is 9.99. The standard InChI is InChI=1S/C14H13F9O3S/c15-11(16,12(17,18)13(19,20)14(21,22)23)8-4-5-9-27(24,25)26-10-6-2-1-3-7-10/h1-3,6-7H,4-5,8-9H2. The predicted octanol–water partition coefficient (Wildman–Crippen LogP) is 5.03. The van der Waals surface area contributed by atoms with Crippen molar-refractivity contribution in [2.45, 2.75) is 43.2 Å². The summed E-state index contributed by atoms with van der Waals surface area (Å²) in [6, 6.07) is 6.90. The maximum atomic E-state index is 13.3. The van der Waals surface area contributed by atoms with Crippen LogP contribution in [0.15, 0.2) is 30.3 Å². The van der Waals surface area contributed by atoms with Crippen LogP contribution in [0.2, 0.25) is 0 Å². The Morgan fingerprint density at radius 2 is 1.30 bits per heavy atom. The van der Waals surface area contributed by atoms with Gasteiger partial charge in [0.15, 0.2) is 0 Å². The number of unbranched alkanes of at least 4 members (excludes halogenated alkanes) is 1. The molecule has 0 amide bonds. The molecule has 27 heavy (non-hydrogen) atoms. The molecule has 0 radical (unpaired) electrons. The van der Waals surface area contributed by atoms with E-state index in [-0.39, 0.29) is 5.75 Å². The largest absolute Gasteiger partial charge is 0.460 e. The first-order valence-corrected chi connectivity index (χ1v) is 8.79. The van der Waals surface area contributed by atoms with Crippen molar-refractivity contribution in [2.75, 3.05) is 5.75 Å². The zero-order chi connectivity index (χ0) is 21.1. The molecule has 1 rings (SSSR count). The molecule has 156 valence electrons. The molecule has 0 spiro atoms. The minimum Gasteiger partial charge on any atom is -0.382 e. The summed E-state index contributed by atoms with van der Waals surface area (Å²) >= 11 is 0. The summed E-state index contributed by atoms with van der Waals surface area (Å²) < 4.78 is 142. The van der Waals surface area contributed by atoms with E-state index in [1.165, 1.54) is 24.3 Å². The van der Waals surface area contributed by atoms with Gasteiger partial charge in [0.1, 0.15) is 5.75 Å². The summed E-state index contributed by atoms with van der Waals surface area (Å²) in [5.74, 6) is -20.4. The highest BCUT2D eigenvalue weighted by atomic mass is 32.2. The molecule has 0 N–H and O–H groups in total. The second-order valence-corrected chi connectivity index (χ2v) is 7.16. The van der Waals surface area contributed by atoms with E-state index in [2.05, 4.69) is 4.18 Å². The zero-order valence-corrected chi connectivity index (χ0v) is 14.1. The number of halogens is 9. The maximum Gasteiger partial charge on any atom is 0.460 e. The highest BCUT2D eigenvalue weighted by molar-refractivity contribution is 7.87. The minimum absolute atomic E-state index is 0.112. The molecule has 3 nitrogen and oxygen atoms in total. The van der Waals surface area contributed by atoms with E-state index >= 15 is 0 Å². The Balaban J connectivity index is 2.66. The quantitative estimate of drug-likeness (QED) is 0.312. The second kappa shape index (κ2) is 7.76. The Labute approximate surface area is 148 Å². The van der Waals surface area contributed by atoms with Gasteiger partial charge in [-0.3, -0.25) is 0 Å². The third kappa shape index (κ3) is 5.42. The van der Waals surface area contributed by atoms with Crippen molar-refractivity contribution in [2.24, 2.45) is 0 Å². The van der Waals surface area contributed by atoms with Crippen molar-refractivity contribution >= 4 is 10.1 Å². The van der Waals surface area contributed by atoms with Crippen LogP contribution in [0.1, 0.15) is 19.3 Å². The van der Waals surface area contributed by atoms with Gasteiger partial charge in [-0.1, -0.05) is 18.2 Å². The van der Waals surface area contributed by atoms with Crippen LogP contribution in [0.25, 0.3) is 0 Å². The van der Waals surface area contributed by atoms with Crippen LogP contribution < -0.4 is 4.18 Å². The topological polar surface area (TPSA) is 43.4 Å². The smallest absolute Gasteiger partial charge is 0.382 e.